The molecule has 29 heavy (non-hydrogen) atoms. The summed E-state index contributed by atoms with van der Waals surface area (Å²) in [6.45, 7) is 7.93. The quantitative estimate of drug-likeness (QED) is 0.590. The normalized spacial score (nSPS) is 15.0. The highest BCUT2D eigenvalue weighted by Gasteiger charge is 2.20. The molecule has 3 aromatic rings. The summed E-state index contributed by atoms with van der Waals surface area (Å²) >= 11 is 8.91. The lowest BCUT2D eigenvalue weighted by atomic mass is 10.3. The summed E-state index contributed by atoms with van der Waals surface area (Å²) < 4.78 is 7.38. The highest BCUT2D eigenvalue weighted by atomic mass is 35.5. The number of fused-ring (bicyclic) bond motifs is 1. The number of hydrogen-bond donors (Lipinski definition) is 1. The van der Waals surface area contributed by atoms with E-state index in [1.54, 1.807) is 23.5 Å². The number of nitrogens with zero attached hydrogens (tertiary/aromatic N) is 3. The Hall–Kier alpha value is -1.87. The van der Waals surface area contributed by atoms with Crippen LogP contribution in [0, 0.1) is 0 Å². The number of benzene rings is 1. The third-order valence-corrected chi connectivity index (χ3v) is 7.12. The highest BCUT2D eigenvalue weighted by Crippen LogP contribution is 2.32. The molecule has 3 heterocycles. The van der Waals surface area contributed by atoms with Gasteiger partial charge in [0.2, 0.25) is 0 Å². The van der Waals surface area contributed by atoms with Crippen molar-refractivity contribution in [1.82, 2.24) is 15.2 Å². The van der Waals surface area contributed by atoms with Crippen LogP contribution in [0.1, 0.15) is 16.6 Å². The minimum Gasteiger partial charge on any atom is -0.494 e. The van der Waals surface area contributed by atoms with Crippen LogP contribution in [-0.2, 0) is 0 Å². The molecule has 1 saturated heterocycles. The van der Waals surface area contributed by atoms with Crippen LogP contribution in [0.5, 0.6) is 5.75 Å². The SMILES string of the molecule is CCOc1ccc2nc(N3CCN(CCNC(=O)c4ccc(Cl)s4)CC3)sc2c1. The van der Waals surface area contributed by atoms with Gasteiger partial charge >= 0.3 is 0 Å². The van der Waals surface area contributed by atoms with Gasteiger partial charge in [0.1, 0.15) is 5.75 Å². The number of piperazine rings is 1. The number of ether oxygens (including phenoxy) is 1. The Kier molecular flexibility index (Phi) is 6.54. The Balaban J connectivity index is 1.26. The number of thiophene rings is 1. The van der Waals surface area contributed by atoms with Crippen LogP contribution in [0.3, 0.4) is 0 Å². The molecule has 1 aliphatic heterocycles. The molecule has 1 N–H and O–H groups in total. The molecule has 2 aromatic heterocycles. The first kappa shape index (κ1) is 20.4. The second-order valence-corrected chi connectivity index (χ2v) is 9.47. The van der Waals surface area contributed by atoms with E-state index < -0.39 is 0 Å². The van der Waals surface area contributed by atoms with Crippen molar-refractivity contribution in [3.05, 3.63) is 39.5 Å². The van der Waals surface area contributed by atoms with Crippen molar-refractivity contribution in [3.8, 4) is 5.75 Å². The summed E-state index contributed by atoms with van der Waals surface area (Å²) in [5.41, 5.74) is 1.02. The summed E-state index contributed by atoms with van der Waals surface area (Å²) in [6.07, 6.45) is 0. The van der Waals surface area contributed by atoms with Crippen LogP contribution in [0.25, 0.3) is 10.2 Å². The van der Waals surface area contributed by atoms with Crippen LogP contribution < -0.4 is 15.0 Å². The van der Waals surface area contributed by atoms with Crippen LogP contribution in [0.2, 0.25) is 4.34 Å². The number of rotatable bonds is 7. The molecule has 0 atom stereocenters. The Bertz CT molecular complexity index is 982. The number of halogens is 1. The van der Waals surface area contributed by atoms with Gasteiger partial charge in [0.05, 0.1) is 26.0 Å². The van der Waals surface area contributed by atoms with Gasteiger partial charge in [-0.05, 0) is 37.3 Å². The van der Waals surface area contributed by atoms with E-state index in [0.29, 0.717) is 22.4 Å². The van der Waals surface area contributed by atoms with Crippen molar-refractivity contribution in [3.63, 3.8) is 0 Å². The number of amides is 1. The number of nitrogens with one attached hydrogen (secondary N) is 1. The summed E-state index contributed by atoms with van der Waals surface area (Å²) in [5.74, 6) is 0.841. The maximum atomic E-state index is 12.1. The fourth-order valence-corrected chi connectivity index (χ4v) is 5.30. The monoisotopic (exact) mass is 450 g/mol. The van der Waals surface area contributed by atoms with Crippen molar-refractivity contribution >= 4 is 55.5 Å². The number of anilines is 1. The Morgan fingerprint density at radius 1 is 1.21 bits per heavy atom. The first-order chi connectivity index (χ1) is 14.1. The highest BCUT2D eigenvalue weighted by molar-refractivity contribution is 7.22. The molecule has 1 aromatic carbocycles. The zero-order chi connectivity index (χ0) is 20.2. The Morgan fingerprint density at radius 3 is 2.76 bits per heavy atom. The third kappa shape index (κ3) is 5.01. The van der Waals surface area contributed by atoms with Gasteiger partial charge in [-0.15, -0.1) is 11.3 Å². The predicted molar refractivity (Wildman–Crippen MR) is 121 cm³/mol. The molecule has 0 spiro atoms. The van der Waals surface area contributed by atoms with Crippen molar-refractivity contribution in [2.24, 2.45) is 0 Å². The second kappa shape index (κ2) is 9.30. The maximum Gasteiger partial charge on any atom is 0.261 e. The molecular weight excluding hydrogens is 428 g/mol. The molecular formula is C20H23ClN4O2S2. The van der Waals surface area contributed by atoms with E-state index in [4.69, 9.17) is 21.3 Å². The Morgan fingerprint density at radius 2 is 2.03 bits per heavy atom. The molecule has 1 amide bonds. The molecule has 0 radical (unpaired) electrons. The average molecular weight is 451 g/mol. The first-order valence-electron chi connectivity index (χ1n) is 9.66. The van der Waals surface area contributed by atoms with Crippen LogP contribution in [0.4, 0.5) is 5.13 Å². The predicted octanol–water partition coefficient (Wildman–Crippen LogP) is 3.96. The van der Waals surface area contributed by atoms with Crippen LogP contribution >= 0.6 is 34.3 Å². The molecule has 6 nitrogen and oxygen atoms in total. The first-order valence-corrected chi connectivity index (χ1v) is 11.7. The van der Waals surface area contributed by atoms with E-state index in [1.165, 1.54) is 11.3 Å². The largest absolute Gasteiger partial charge is 0.494 e. The van der Waals surface area contributed by atoms with Gasteiger partial charge in [-0.3, -0.25) is 9.69 Å². The molecule has 0 unspecified atom stereocenters. The van der Waals surface area contributed by atoms with Crippen LogP contribution in [0.15, 0.2) is 30.3 Å². The minimum absolute atomic E-state index is 0.0542. The fraction of sp³-hybridized carbons (Fsp3) is 0.400. The van der Waals surface area contributed by atoms with Crippen molar-refractivity contribution in [1.29, 1.82) is 0 Å². The zero-order valence-corrected chi connectivity index (χ0v) is 18.6. The molecule has 0 bridgehead atoms. The summed E-state index contributed by atoms with van der Waals surface area (Å²) in [7, 11) is 0. The molecule has 1 fully saturated rings. The smallest absolute Gasteiger partial charge is 0.261 e. The van der Waals surface area contributed by atoms with Gasteiger partial charge in [0, 0.05) is 39.3 Å². The molecule has 154 valence electrons. The number of aromatic nitrogens is 1. The Labute approximate surface area is 183 Å². The number of carbonyl (C=O) groups excluding carboxylic acids is 1. The summed E-state index contributed by atoms with van der Waals surface area (Å²) in [4.78, 5) is 22.2. The van der Waals surface area contributed by atoms with Gasteiger partial charge in [0.15, 0.2) is 5.13 Å². The average Bonchev–Trinajstić information content (AvgIpc) is 3.34. The van der Waals surface area contributed by atoms with Crippen molar-refractivity contribution < 1.29 is 9.53 Å². The van der Waals surface area contributed by atoms with Crippen molar-refractivity contribution in [2.45, 2.75) is 6.92 Å². The number of thiazole rings is 1. The minimum atomic E-state index is -0.0542. The molecule has 0 saturated carbocycles. The van der Waals surface area contributed by atoms with E-state index in [9.17, 15) is 4.79 Å². The van der Waals surface area contributed by atoms with E-state index in [1.807, 2.05) is 19.1 Å². The lowest BCUT2D eigenvalue weighted by Gasteiger charge is -2.34. The van der Waals surface area contributed by atoms with Crippen LogP contribution in [-0.4, -0.2) is 61.7 Å². The molecule has 4 rings (SSSR count). The van der Waals surface area contributed by atoms with Crippen molar-refractivity contribution in [2.75, 3.05) is 50.8 Å². The zero-order valence-electron chi connectivity index (χ0n) is 16.2. The van der Waals surface area contributed by atoms with E-state index in [0.717, 1.165) is 53.8 Å². The lowest BCUT2D eigenvalue weighted by Crippen LogP contribution is -2.48. The van der Waals surface area contributed by atoms with Gasteiger partial charge < -0.3 is 15.0 Å². The maximum absolute atomic E-state index is 12.1. The topological polar surface area (TPSA) is 57.7 Å². The molecule has 1 aliphatic rings. The summed E-state index contributed by atoms with van der Waals surface area (Å²) in [5, 5.41) is 4.04. The van der Waals surface area contributed by atoms with Gasteiger partial charge in [0.25, 0.3) is 5.91 Å². The third-order valence-electron chi connectivity index (χ3n) is 4.81. The van der Waals surface area contributed by atoms with E-state index in [2.05, 4.69) is 21.2 Å². The lowest BCUT2D eigenvalue weighted by molar-refractivity contribution is 0.0952. The second-order valence-electron chi connectivity index (χ2n) is 6.75. The number of hydrogen-bond acceptors (Lipinski definition) is 7. The van der Waals surface area contributed by atoms with Gasteiger partial charge in [-0.2, -0.15) is 0 Å². The van der Waals surface area contributed by atoms with E-state index >= 15 is 0 Å². The molecule has 9 heteroatoms. The summed E-state index contributed by atoms with van der Waals surface area (Å²) in [6, 6.07) is 9.59. The van der Waals surface area contributed by atoms with E-state index in [-0.39, 0.29) is 5.91 Å². The number of carbonyl (C=O) groups is 1. The standard InChI is InChI=1S/C20H23ClN4O2S2/c1-2-27-14-3-4-15-17(13-14)29-20(23-15)25-11-9-24(10-12-25)8-7-22-19(26)16-5-6-18(21)28-16/h3-6,13H,2,7-12H2,1H3,(H,22,26). The molecule has 0 aliphatic carbocycles. The fourth-order valence-electron chi connectivity index (χ4n) is 3.30. The van der Waals surface area contributed by atoms with Gasteiger partial charge in [-0.1, -0.05) is 22.9 Å². The van der Waals surface area contributed by atoms with Gasteiger partial charge in [-0.25, -0.2) is 4.98 Å².